The Morgan fingerprint density at radius 3 is 2.18 bits per heavy atom. The number of nitrogens with zero attached hydrogens (tertiary/aromatic N) is 4. The Morgan fingerprint density at radius 1 is 0.853 bits per heavy atom. The quantitative estimate of drug-likeness (QED) is 0.282. The number of azo groups is 1. The summed E-state index contributed by atoms with van der Waals surface area (Å²) in [5.74, 6) is 0.633. The van der Waals surface area contributed by atoms with Crippen molar-refractivity contribution in [3.8, 4) is 28.8 Å². The first-order chi connectivity index (χ1) is 16.4. The third kappa shape index (κ3) is 4.33. The summed E-state index contributed by atoms with van der Waals surface area (Å²) in [7, 11) is 3.07. The minimum Gasteiger partial charge on any atom is -0.497 e. The summed E-state index contributed by atoms with van der Waals surface area (Å²) in [6, 6.07) is 21.1. The number of rotatable bonds is 6. The first kappa shape index (κ1) is 22.9. The van der Waals surface area contributed by atoms with E-state index in [0.29, 0.717) is 28.6 Å². The molecule has 0 bridgehead atoms. The molecule has 1 aromatic heterocycles. The number of hydrogen-bond donors (Lipinski definition) is 1. The fourth-order valence-electron chi connectivity index (χ4n) is 3.38. The minimum atomic E-state index is -0.616. The maximum Gasteiger partial charge on any atom is 0.290 e. The summed E-state index contributed by atoms with van der Waals surface area (Å²) >= 11 is 5.66. The van der Waals surface area contributed by atoms with Crippen LogP contribution in [-0.2, 0) is 0 Å². The van der Waals surface area contributed by atoms with Crippen molar-refractivity contribution in [2.24, 2.45) is 10.2 Å². The van der Waals surface area contributed by atoms with Gasteiger partial charge < -0.3 is 14.6 Å². The highest BCUT2D eigenvalue weighted by molar-refractivity contribution is 7.71. The van der Waals surface area contributed by atoms with Gasteiger partial charge >= 0.3 is 0 Å². The van der Waals surface area contributed by atoms with Crippen LogP contribution >= 0.6 is 12.2 Å². The molecular weight excluding hydrogens is 452 g/mol. The van der Waals surface area contributed by atoms with E-state index < -0.39 is 11.4 Å². The van der Waals surface area contributed by atoms with Crippen molar-refractivity contribution < 1.29 is 14.6 Å². The standard InChI is InChI=1S/C25H22N4O4S/c1-16-8-10-17(11-9-16)26-27-22-23(30)28(18-12-14-19(32-2)15-13-18)25(34)29(24(22)31)20-6-4-5-7-21(20)33-3/h4-15,31H,1-3H3. The molecule has 0 radical (unpaired) electrons. The van der Waals surface area contributed by atoms with Crippen molar-refractivity contribution in [1.29, 1.82) is 0 Å². The summed E-state index contributed by atoms with van der Waals surface area (Å²) in [4.78, 5) is 13.5. The number of methoxy groups -OCH3 is 2. The predicted octanol–water partition coefficient (Wildman–Crippen LogP) is 5.80. The number of aromatic nitrogens is 2. The second kappa shape index (κ2) is 9.72. The van der Waals surface area contributed by atoms with Crippen LogP contribution in [-0.4, -0.2) is 28.5 Å². The average Bonchev–Trinajstić information content (AvgIpc) is 2.85. The molecule has 0 spiro atoms. The first-order valence-electron chi connectivity index (χ1n) is 10.3. The second-order valence-corrected chi connectivity index (χ2v) is 7.70. The number of hydrogen-bond acceptors (Lipinski definition) is 7. The molecule has 34 heavy (non-hydrogen) atoms. The van der Waals surface area contributed by atoms with Gasteiger partial charge in [0, 0.05) is 0 Å². The SMILES string of the molecule is COc1ccc(-n2c(=O)c(N=Nc3ccc(C)cc3)c(O)n(-c3ccccc3OC)c2=S)cc1. The van der Waals surface area contributed by atoms with Crippen molar-refractivity contribution >= 4 is 23.6 Å². The zero-order valence-electron chi connectivity index (χ0n) is 18.8. The van der Waals surface area contributed by atoms with Crippen molar-refractivity contribution in [2.45, 2.75) is 6.92 Å². The van der Waals surface area contributed by atoms with Gasteiger partial charge in [-0.3, -0.25) is 13.9 Å². The summed E-state index contributed by atoms with van der Waals surface area (Å²) in [6.45, 7) is 1.96. The van der Waals surface area contributed by atoms with Crippen LogP contribution in [0.1, 0.15) is 5.56 Å². The monoisotopic (exact) mass is 474 g/mol. The lowest BCUT2D eigenvalue weighted by molar-refractivity contribution is 0.402. The summed E-state index contributed by atoms with van der Waals surface area (Å²) in [6.07, 6.45) is 0. The highest BCUT2D eigenvalue weighted by Crippen LogP contribution is 2.33. The average molecular weight is 475 g/mol. The lowest BCUT2D eigenvalue weighted by Gasteiger charge is -2.17. The smallest absolute Gasteiger partial charge is 0.290 e. The van der Waals surface area contributed by atoms with E-state index in [0.717, 1.165) is 5.56 Å². The third-order valence-electron chi connectivity index (χ3n) is 5.17. The maximum atomic E-state index is 13.5. The van der Waals surface area contributed by atoms with Crippen LogP contribution in [0.3, 0.4) is 0 Å². The molecule has 172 valence electrons. The Balaban J connectivity index is 2.01. The summed E-state index contributed by atoms with van der Waals surface area (Å²) < 4.78 is 13.3. The van der Waals surface area contributed by atoms with Crippen LogP contribution in [0.25, 0.3) is 11.4 Å². The highest BCUT2D eigenvalue weighted by Gasteiger charge is 2.21. The largest absolute Gasteiger partial charge is 0.497 e. The normalized spacial score (nSPS) is 11.0. The van der Waals surface area contributed by atoms with Crippen LogP contribution in [0, 0.1) is 11.7 Å². The van der Waals surface area contributed by atoms with Gasteiger partial charge in [0.1, 0.15) is 11.5 Å². The predicted molar refractivity (Wildman–Crippen MR) is 132 cm³/mol. The molecule has 0 fully saturated rings. The van der Waals surface area contributed by atoms with E-state index in [9.17, 15) is 9.90 Å². The number of aryl methyl sites for hydroxylation is 1. The van der Waals surface area contributed by atoms with Crippen LogP contribution < -0.4 is 15.0 Å². The zero-order valence-corrected chi connectivity index (χ0v) is 19.6. The van der Waals surface area contributed by atoms with E-state index >= 15 is 0 Å². The van der Waals surface area contributed by atoms with Crippen LogP contribution in [0.15, 0.2) is 87.8 Å². The fraction of sp³-hybridized carbons (Fsp3) is 0.120. The Morgan fingerprint density at radius 2 is 1.53 bits per heavy atom. The van der Waals surface area contributed by atoms with Crippen molar-refractivity contribution in [2.75, 3.05) is 14.2 Å². The number of para-hydroxylation sites is 2. The van der Waals surface area contributed by atoms with Gasteiger partial charge in [-0.2, -0.15) is 5.11 Å². The molecule has 0 saturated carbocycles. The lowest BCUT2D eigenvalue weighted by Crippen LogP contribution is -2.23. The molecule has 0 aliphatic heterocycles. The van der Waals surface area contributed by atoms with Gasteiger partial charge in [0.05, 0.1) is 31.3 Å². The van der Waals surface area contributed by atoms with Gasteiger partial charge in [-0.25, -0.2) is 0 Å². The number of benzene rings is 3. The zero-order chi connectivity index (χ0) is 24.2. The van der Waals surface area contributed by atoms with E-state index in [4.69, 9.17) is 21.7 Å². The Kier molecular flexibility index (Phi) is 6.55. The summed E-state index contributed by atoms with van der Waals surface area (Å²) in [5, 5.41) is 19.4. The van der Waals surface area contributed by atoms with Crippen LogP contribution in [0.2, 0.25) is 0 Å². The van der Waals surface area contributed by atoms with E-state index in [1.165, 1.54) is 16.2 Å². The van der Waals surface area contributed by atoms with Crippen molar-refractivity contribution in [3.63, 3.8) is 0 Å². The number of aromatic hydroxyl groups is 1. The molecule has 0 amide bonds. The third-order valence-corrected chi connectivity index (χ3v) is 5.53. The van der Waals surface area contributed by atoms with Gasteiger partial charge in [0.25, 0.3) is 5.56 Å². The van der Waals surface area contributed by atoms with Gasteiger partial charge in [-0.1, -0.05) is 29.8 Å². The van der Waals surface area contributed by atoms with Crippen LogP contribution in [0.4, 0.5) is 11.4 Å². The van der Waals surface area contributed by atoms with E-state index in [2.05, 4.69) is 10.2 Å². The van der Waals surface area contributed by atoms with E-state index in [-0.39, 0.29) is 10.5 Å². The fourth-order valence-corrected chi connectivity index (χ4v) is 3.76. The molecule has 0 aliphatic rings. The van der Waals surface area contributed by atoms with Gasteiger partial charge in [0.2, 0.25) is 11.6 Å². The van der Waals surface area contributed by atoms with Crippen molar-refractivity contribution in [3.05, 3.63) is 93.5 Å². The topological polar surface area (TPSA) is 90.3 Å². The van der Waals surface area contributed by atoms with Gasteiger partial charge in [-0.15, -0.1) is 5.11 Å². The Bertz CT molecular complexity index is 1470. The molecule has 0 saturated heterocycles. The van der Waals surface area contributed by atoms with Gasteiger partial charge in [-0.05, 0) is 67.7 Å². The molecule has 3 aromatic carbocycles. The van der Waals surface area contributed by atoms with Crippen molar-refractivity contribution in [1.82, 2.24) is 9.13 Å². The molecule has 8 nitrogen and oxygen atoms in total. The summed E-state index contributed by atoms with van der Waals surface area (Å²) in [5.41, 5.74) is 1.64. The van der Waals surface area contributed by atoms with E-state index in [1.54, 1.807) is 67.8 Å². The molecule has 4 rings (SSSR count). The molecule has 0 aliphatic carbocycles. The highest BCUT2D eigenvalue weighted by atomic mass is 32.1. The second-order valence-electron chi connectivity index (χ2n) is 7.34. The van der Waals surface area contributed by atoms with E-state index in [1.807, 2.05) is 19.1 Å². The Hall–Kier alpha value is -4.24. The molecular formula is C25H22N4O4S. The molecule has 4 aromatic rings. The lowest BCUT2D eigenvalue weighted by atomic mass is 10.2. The van der Waals surface area contributed by atoms with Gasteiger partial charge in [0.15, 0.2) is 4.77 Å². The molecule has 1 heterocycles. The molecule has 1 N–H and O–H groups in total. The molecule has 9 heteroatoms. The molecule has 0 unspecified atom stereocenters. The number of ether oxygens (including phenoxy) is 2. The Labute approximate surface area is 201 Å². The maximum absolute atomic E-state index is 13.5. The first-order valence-corrected chi connectivity index (χ1v) is 10.7. The minimum absolute atomic E-state index is 0.0338. The molecule has 0 atom stereocenters. The van der Waals surface area contributed by atoms with Crippen LogP contribution in [0.5, 0.6) is 17.4 Å².